The number of rotatable bonds is 6. The maximum Gasteiger partial charge on any atom is 0.0701 e. The van der Waals surface area contributed by atoms with E-state index in [0.29, 0.717) is 6.04 Å². The minimum Gasteiger partial charge on any atom is -0.308 e. The van der Waals surface area contributed by atoms with Gasteiger partial charge in [-0.05, 0) is 54.0 Å². The van der Waals surface area contributed by atoms with E-state index in [0.717, 1.165) is 25.1 Å². The lowest BCUT2D eigenvalue weighted by atomic mass is 10.1. The first-order valence-corrected chi connectivity index (χ1v) is 8.19. The van der Waals surface area contributed by atoms with Crippen LogP contribution in [0.1, 0.15) is 35.7 Å². The van der Waals surface area contributed by atoms with E-state index < -0.39 is 0 Å². The van der Waals surface area contributed by atoms with Gasteiger partial charge in [-0.1, -0.05) is 6.92 Å². The smallest absolute Gasteiger partial charge is 0.0701 e. The van der Waals surface area contributed by atoms with Crippen molar-refractivity contribution in [3.05, 3.63) is 38.3 Å². The van der Waals surface area contributed by atoms with Crippen LogP contribution in [-0.4, -0.2) is 16.3 Å². The molecular formula is C14H20BrN3S. The van der Waals surface area contributed by atoms with Gasteiger partial charge < -0.3 is 5.32 Å². The van der Waals surface area contributed by atoms with E-state index in [1.54, 1.807) is 11.3 Å². The maximum atomic E-state index is 4.46. The molecule has 0 fully saturated rings. The van der Waals surface area contributed by atoms with Crippen molar-refractivity contribution in [1.82, 2.24) is 15.1 Å². The largest absolute Gasteiger partial charge is 0.308 e. The van der Waals surface area contributed by atoms with Crippen molar-refractivity contribution in [2.75, 3.05) is 6.54 Å². The molecule has 0 aliphatic rings. The average Bonchev–Trinajstić information content (AvgIpc) is 2.91. The number of nitrogens with zero attached hydrogens (tertiary/aromatic N) is 2. The maximum absolute atomic E-state index is 4.46. The summed E-state index contributed by atoms with van der Waals surface area (Å²) in [5.41, 5.74) is 2.34. The van der Waals surface area contributed by atoms with Crippen LogP contribution in [0.2, 0.25) is 0 Å². The monoisotopic (exact) mass is 341 g/mol. The molecule has 5 heteroatoms. The fourth-order valence-corrected chi connectivity index (χ4v) is 3.75. The Bertz CT molecular complexity index is 533. The molecule has 3 nitrogen and oxygen atoms in total. The Labute approximate surface area is 127 Å². The molecule has 1 atom stereocenters. The van der Waals surface area contributed by atoms with Crippen molar-refractivity contribution in [2.24, 2.45) is 7.05 Å². The van der Waals surface area contributed by atoms with Crippen LogP contribution in [0.3, 0.4) is 0 Å². The average molecular weight is 342 g/mol. The Hall–Kier alpha value is -0.650. The second-order valence-corrected chi connectivity index (χ2v) is 7.30. The highest BCUT2D eigenvalue weighted by atomic mass is 79.9. The molecule has 2 heterocycles. The molecule has 2 aromatic heterocycles. The van der Waals surface area contributed by atoms with E-state index in [4.69, 9.17) is 0 Å². The van der Waals surface area contributed by atoms with Gasteiger partial charge in [0.05, 0.1) is 21.2 Å². The lowest BCUT2D eigenvalue weighted by Gasteiger charge is -2.18. The molecule has 1 N–H and O–H groups in total. The van der Waals surface area contributed by atoms with Crippen LogP contribution in [0, 0.1) is 6.92 Å². The van der Waals surface area contributed by atoms with Crippen molar-refractivity contribution in [3.8, 4) is 0 Å². The summed E-state index contributed by atoms with van der Waals surface area (Å²) in [7, 11) is 2.02. The van der Waals surface area contributed by atoms with Crippen molar-refractivity contribution in [1.29, 1.82) is 0 Å². The Morgan fingerprint density at radius 1 is 1.47 bits per heavy atom. The number of hydrogen-bond donors (Lipinski definition) is 1. The number of halogens is 1. The number of aromatic nitrogens is 2. The molecular weight excluding hydrogens is 322 g/mol. The van der Waals surface area contributed by atoms with Gasteiger partial charge in [-0.25, -0.2) is 0 Å². The zero-order chi connectivity index (χ0) is 13.8. The summed E-state index contributed by atoms with van der Waals surface area (Å²) in [5, 5.41) is 8.09. The summed E-state index contributed by atoms with van der Waals surface area (Å²) >= 11 is 5.33. The highest BCUT2D eigenvalue weighted by molar-refractivity contribution is 9.11. The van der Waals surface area contributed by atoms with Crippen LogP contribution in [-0.2, 0) is 13.5 Å². The fourth-order valence-electron chi connectivity index (χ4n) is 2.22. The summed E-state index contributed by atoms with van der Waals surface area (Å²) in [6, 6.07) is 6.82. The molecule has 104 valence electrons. The fraction of sp³-hybridized carbons (Fsp3) is 0.500. The molecule has 0 saturated heterocycles. The third-order valence-electron chi connectivity index (χ3n) is 3.07. The van der Waals surface area contributed by atoms with Gasteiger partial charge in [0, 0.05) is 18.3 Å². The number of hydrogen-bond acceptors (Lipinski definition) is 3. The third-order valence-corrected chi connectivity index (χ3v) is 4.72. The topological polar surface area (TPSA) is 29.9 Å². The zero-order valence-electron chi connectivity index (χ0n) is 11.6. The van der Waals surface area contributed by atoms with E-state index in [-0.39, 0.29) is 0 Å². The molecule has 2 rings (SSSR count). The van der Waals surface area contributed by atoms with E-state index in [9.17, 15) is 0 Å². The quantitative estimate of drug-likeness (QED) is 0.865. The standard InChI is InChI=1S/C14H20BrN3S/c1-4-7-16-12(9-11-5-6-14(15)19-11)13-8-10(2)17-18(13)3/h5-6,8,12,16H,4,7,9H2,1-3H3. The summed E-state index contributed by atoms with van der Waals surface area (Å²) in [6.07, 6.45) is 2.15. The van der Waals surface area contributed by atoms with Crippen LogP contribution < -0.4 is 5.32 Å². The molecule has 0 spiro atoms. The van der Waals surface area contributed by atoms with Crippen LogP contribution in [0.4, 0.5) is 0 Å². The predicted octanol–water partition coefficient (Wildman–Crippen LogP) is 3.84. The van der Waals surface area contributed by atoms with Gasteiger partial charge in [-0.3, -0.25) is 4.68 Å². The summed E-state index contributed by atoms with van der Waals surface area (Å²) < 4.78 is 3.18. The molecule has 0 bridgehead atoms. The van der Waals surface area contributed by atoms with Gasteiger partial charge in [0.25, 0.3) is 0 Å². The normalized spacial score (nSPS) is 12.8. The molecule has 0 radical (unpaired) electrons. The number of nitrogens with one attached hydrogen (secondary N) is 1. The van der Waals surface area contributed by atoms with E-state index in [2.05, 4.69) is 51.5 Å². The van der Waals surface area contributed by atoms with Gasteiger partial charge >= 0.3 is 0 Å². The first-order valence-electron chi connectivity index (χ1n) is 6.58. The lowest BCUT2D eigenvalue weighted by molar-refractivity contribution is 0.495. The van der Waals surface area contributed by atoms with Crippen molar-refractivity contribution >= 4 is 27.3 Å². The highest BCUT2D eigenvalue weighted by Crippen LogP contribution is 2.27. The van der Waals surface area contributed by atoms with Gasteiger partial charge in [0.15, 0.2) is 0 Å². The Morgan fingerprint density at radius 3 is 2.79 bits per heavy atom. The predicted molar refractivity (Wildman–Crippen MR) is 84.7 cm³/mol. The minimum atomic E-state index is 0.330. The Kier molecular flexibility index (Phi) is 5.19. The SMILES string of the molecule is CCCNC(Cc1ccc(Br)s1)c1cc(C)nn1C. The van der Waals surface area contributed by atoms with Crippen molar-refractivity contribution in [2.45, 2.75) is 32.7 Å². The summed E-state index contributed by atoms with van der Waals surface area (Å²) in [5.74, 6) is 0. The molecule has 1 unspecified atom stereocenters. The van der Waals surface area contributed by atoms with Crippen LogP contribution in [0.5, 0.6) is 0 Å². The number of thiophene rings is 1. The van der Waals surface area contributed by atoms with Crippen LogP contribution in [0.15, 0.2) is 22.0 Å². The second kappa shape index (κ2) is 6.68. The van der Waals surface area contributed by atoms with E-state index >= 15 is 0 Å². The molecule has 0 amide bonds. The van der Waals surface area contributed by atoms with Crippen molar-refractivity contribution in [3.63, 3.8) is 0 Å². The first-order chi connectivity index (χ1) is 9.10. The summed E-state index contributed by atoms with van der Waals surface area (Å²) in [4.78, 5) is 1.39. The highest BCUT2D eigenvalue weighted by Gasteiger charge is 2.17. The zero-order valence-corrected chi connectivity index (χ0v) is 14.0. The van der Waals surface area contributed by atoms with Gasteiger partial charge in [-0.2, -0.15) is 5.10 Å². The lowest BCUT2D eigenvalue weighted by Crippen LogP contribution is -2.25. The van der Waals surface area contributed by atoms with Crippen LogP contribution in [0.25, 0.3) is 0 Å². The first kappa shape index (κ1) is 14.8. The van der Waals surface area contributed by atoms with Crippen molar-refractivity contribution < 1.29 is 0 Å². The minimum absolute atomic E-state index is 0.330. The van der Waals surface area contributed by atoms with E-state index in [1.165, 1.54) is 14.4 Å². The molecule has 0 aromatic carbocycles. The molecule has 0 aliphatic carbocycles. The second-order valence-electron chi connectivity index (χ2n) is 4.75. The van der Waals surface area contributed by atoms with Gasteiger partial charge in [-0.15, -0.1) is 11.3 Å². The molecule has 0 aliphatic heterocycles. The van der Waals surface area contributed by atoms with Gasteiger partial charge in [0.2, 0.25) is 0 Å². The Morgan fingerprint density at radius 2 is 2.26 bits per heavy atom. The van der Waals surface area contributed by atoms with E-state index in [1.807, 2.05) is 18.7 Å². The molecule has 0 saturated carbocycles. The third kappa shape index (κ3) is 3.91. The Balaban J connectivity index is 2.18. The molecule has 2 aromatic rings. The summed E-state index contributed by atoms with van der Waals surface area (Å²) in [6.45, 7) is 5.27. The molecule has 19 heavy (non-hydrogen) atoms. The van der Waals surface area contributed by atoms with Gasteiger partial charge in [0.1, 0.15) is 0 Å². The number of aryl methyl sites for hydroxylation is 2. The van der Waals surface area contributed by atoms with Crippen LogP contribution >= 0.6 is 27.3 Å².